The fourth-order valence-electron chi connectivity index (χ4n) is 1.68. The van der Waals surface area contributed by atoms with Crippen LogP contribution >= 0.6 is 11.8 Å². The molecule has 1 aliphatic heterocycles. The fourth-order valence-corrected chi connectivity index (χ4v) is 2.58. The highest BCUT2D eigenvalue weighted by molar-refractivity contribution is 8.00. The quantitative estimate of drug-likeness (QED) is 0.752. The van der Waals surface area contributed by atoms with Crippen LogP contribution in [0.4, 0.5) is 0 Å². The maximum atomic E-state index is 4.54. The topological polar surface area (TPSA) is 43.1 Å². The second-order valence-corrected chi connectivity index (χ2v) is 4.88. The number of aromatic nitrogens is 3. The minimum atomic E-state index is 0.305. The van der Waals surface area contributed by atoms with Crippen LogP contribution in [0.15, 0.2) is 46.9 Å². The Morgan fingerprint density at radius 3 is 2.88 bits per heavy atom. The van der Waals surface area contributed by atoms with Crippen molar-refractivity contribution >= 4 is 17.5 Å². The average molecular weight is 230 g/mol. The van der Waals surface area contributed by atoms with E-state index >= 15 is 0 Å². The van der Waals surface area contributed by atoms with Crippen LogP contribution in [-0.4, -0.2) is 25.8 Å². The molecule has 0 bridgehead atoms. The van der Waals surface area contributed by atoms with E-state index in [0.29, 0.717) is 5.25 Å². The summed E-state index contributed by atoms with van der Waals surface area (Å²) >= 11 is 1.68. The zero-order chi connectivity index (χ0) is 11.0. The molecule has 3 rings (SSSR count). The molecule has 2 heterocycles. The Bertz CT molecular complexity index is 532. The number of hydrogen-bond donors (Lipinski definition) is 0. The van der Waals surface area contributed by atoms with Crippen molar-refractivity contribution in [3.05, 3.63) is 42.2 Å². The van der Waals surface area contributed by atoms with E-state index in [9.17, 15) is 0 Å². The van der Waals surface area contributed by atoms with Crippen LogP contribution in [-0.2, 0) is 0 Å². The summed E-state index contributed by atoms with van der Waals surface area (Å²) in [4.78, 5) is 0. The lowest BCUT2D eigenvalue weighted by atomic mass is 10.1. The van der Waals surface area contributed by atoms with Crippen LogP contribution in [0.5, 0.6) is 0 Å². The molecule has 5 heteroatoms. The highest BCUT2D eigenvalue weighted by Crippen LogP contribution is 2.28. The second-order valence-electron chi connectivity index (χ2n) is 3.57. The van der Waals surface area contributed by atoms with Gasteiger partial charge in [-0.25, -0.2) is 0 Å². The number of thioether (sulfide) groups is 1. The summed E-state index contributed by atoms with van der Waals surface area (Å²) in [5.41, 5.74) is 2.22. The first-order valence-electron chi connectivity index (χ1n) is 5.05. The predicted molar refractivity (Wildman–Crippen MR) is 63.7 cm³/mol. The number of benzene rings is 1. The number of nitrogens with zero attached hydrogens (tertiary/aromatic N) is 4. The third kappa shape index (κ3) is 1.53. The number of hydrogen-bond acceptors (Lipinski definition) is 4. The summed E-state index contributed by atoms with van der Waals surface area (Å²) in [7, 11) is 0. The predicted octanol–water partition coefficient (Wildman–Crippen LogP) is 2.02. The summed E-state index contributed by atoms with van der Waals surface area (Å²) in [6.45, 7) is 2.13. The maximum absolute atomic E-state index is 4.54. The molecule has 0 saturated carbocycles. The van der Waals surface area contributed by atoms with E-state index in [1.165, 1.54) is 0 Å². The molecule has 1 aromatic heterocycles. The second kappa shape index (κ2) is 3.75. The largest absolute Gasteiger partial charge is 0.212 e. The van der Waals surface area contributed by atoms with Gasteiger partial charge < -0.3 is 0 Å². The van der Waals surface area contributed by atoms with Crippen LogP contribution in [0.2, 0.25) is 0 Å². The van der Waals surface area contributed by atoms with Crippen molar-refractivity contribution < 1.29 is 0 Å². The summed E-state index contributed by atoms with van der Waals surface area (Å²) in [5, 5.41) is 13.6. The Labute approximate surface area is 97.4 Å². The highest BCUT2D eigenvalue weighted by atomic mass is 32.2. The lowest BCUT2D eigenvalue weighted by molar-refractivity contribution is 0.748. The van der Waals surface area contributed by atoms with Gasteiger partial charge in [0.15, 0.2) is 0 Å². The van der Waals surface area contributed by atoms with Gasteiger partial charge >= 0.3 is 0 Å². The average Bonchev–Trinajstić information content (AvgIpc) is 2.76. The molecule has 1 atom stereocenters. The summed E-state index contributed by atoms with van der Waals surface area (Å²) in [6, 6.07) is 10.2. The highest BCUT2D eigenvalue weighted by Gasteiger charge is 2.22. The smallest absolute Gasteiger partial charge is 0.194 e. The third-order valence-electron chi connectivity index (χ3n) is 2.45. The summed E-state index contributed by atoms with van der Waals surface area (Å²) in [6.07, 6.45) is 1.64. The normalized spacial score (nSPS) is 19.1. The van der Waals surface area contributed by atoms with E-state index in [4.69, 9.17) is 0 Å². The van der Waals surface area contributed by atoms with Gasteiger partial charge in [-0.2, -0.15) is 9.78 Å². The van der Waals surface area contributed by atoms with Crippen molar-refractivity contribution in [3.63, 3.8) is 0 Å². The van der Waals surface area contributed by atoms with Gasteiger partial charge in [0.2, 0.25) is 5.16 Å². The first kappa shape index (κ1) is 9.59. The molecule has 1 aliphatic rings. The van der Waals surface area contributed by atoms with Crippen molar-refractivity contribution in [2.24, 2.45) is 5.10 Å². The number of fused-ring (bicyclic) bond motifs is 1. The SMILES string of the molecule is CC1Sc2nncn2N=C1c1ccccc1. The Balaban J connectivity index is 2.09. The van der Waals surface area contributed by atoms with Crippen LogP contribution in [0.3, 0.4) is 0 Å². The molecular formula is C11H10N4S. The lowest BCUT2D eigenvalue weighted by Crippen LogP contribution is -2.21. The van der Waals surface area contributed by atoms with Gasteiger partial charge in [-0.3, -0.25) is 0 Å². The standard InChI is InChI=1S/C11H10N4S/c1-8-10(9-5-3-2-4-6-9)14-15-7-12-13-11(15)16-8/h2-8H,1H3. The van der Waals surface area contributed by atoms with Crippen molar-refractivity contribution in [3.8, 4) is 0 Å². The third-order valence-corrected chi connectivity index (χ3v) is 3.51. The van der Waals surface area contributed by atoms with E-state index < -0.39 is 0 Å². The Morgan fingerprint density at radius 2 is 2.06 bits per heavy atom. The van der Waals surface area contributed by atoms with E-state index in [0.717, 1.165) is 16.4 Å². The molecule has 0 spiro atoms. The van der Waals surface area contributed by atoms with Gasteiger partial charge in [0.05, 0.1) is 11.0 Å². The van der Waals surface area contributed by atoms with Crippen LogP contribution in [0.1, 0.15) is 12.5 Å². The zero-order valence-corrected chi connectivity index (χ0v) is 9.56. The molecule has 0 saturated heterocycles. The molecule has 0 fully saturated rings. The van der Waals surface area contributed by atoms with E-state index in [1.54, 1.807) is 22.8 Å². The first-order chi connectivity index (χ1) is 7.84. The van der Waals surface area contributed by atoms with Gasteiger partial charge in [0.25, 0.3) is 0 Å². The Morgan fingerprint density at radius 1 is 1.25 bits per heavy atom. The minimum Gasteiger partial charge on any atom is -0.194 e. The molecule has 2 aromatic rings. The maximum Gasteiger partial charge on any atom is 0.212 e. The molecule has 0 N–H and O–H groups in total. The molecule has 4 nitrogen and oxygen atoms in total. The van der Waals surface area contributed by atoms with E-state index in [-0.39, 0.29) is 0 Å². The molecule has 0 radical (unpaired) electrons. The first-order valence-corrected chi connectivity index (χ1v) is 5.93. The van der Waals surface area contributed by atoms with Crippen LogP contribution in [0.25, 0.3) is 0 Å². The fraction of sp³-hybridized carbons (Fsp3) is 0.182. The Kier molecular flexibility index (Phi) is 2.25. The summed E-state index contributed by atoms with van der Waals surface area (Å²) < 4.78 is 1.73. The summed E-state index contributed by atoms with van der Waals surface area (Å²) in [5.74, 6) is 0. The lowest BCUT2D eigenvalue weighted by Gasteiger charge is -2.18. The van der Waals surface area contributed by atoms with Crippen molar-refractivity contribution in [2.75, 3.05) is 0 Å². The van der Waals surface area contributed by atoms with Gasteiger partial charge in [0, 0.05) is 0 Å². The van der Waals surface area contributed by atoms with Crippen molar-refractivity contribution in [1.82, 2.24) is 14.9 Å². The Hall–Kier alpha value is -1.62. The molecule has 1 unspecified atom stereocenters. The molecular weight excluding hydrogens is 220 g/mol. The van der Waals surface area contributed by atoms with Crippen molar-refractivity contribution in [2.45, 2.75) is 17.3 Å². The van der Waals surface area contributed by atoms with E-state index in [1.807, 2.05) is 18.2 Å². The van der Waals surface area contributed by atoms with Gasteiger partial charge in [-0.1, -0.05) is 42.1 Å². The van der Waals surface area contributed by atoms with Crippen LogP contribution < -0.4 is 0 Å². The van der Waals surface area contributed by atoms with Gasteiger partial charge in [0.1, 0.15) is 6.33 Å². The van der Waals surface area contributed by atoms with Crippen LogP contribution in [0, 0.1) is 0 Å². The minimum absolute atomic E-state index is 0.305. The van der Waals surface area contributed by atoms with Gasteiger partial charge in [-0.15, -0.1) is 10.2 Å². The monoisotopic (exact) mass is 230 g/mol. The zero-order valence-electron chi connectivity index (χ0n) is 8.74. The van der Waals surface area contributed by atoms with Gasteiger partial charge in [-0.05, 0) is 12.5 Å². The van der Waals surface area contributed by atoms with E-state index in [2.05, 4.69) is 34.4 Å². The molecule has 80 valence electrons. The number of rotatable bonds is 1. The molecule has 1 aromatic carbocycles. The van der Waals surface area contributed by atoms with Crippen molar-refractivity contribution in [1.29, 1.82) is 0 Å². The molecule has 0 aliphatic carbocycles. The molecule has 16 heavy (non-hydrogen) atoms. The molecule has 0 amide bonds.